The van der Waals surface area contributed by atoms with E-state index >= 15 is 0 Å². The Bertz CT molecular complexity index is 1860. The van der Waals surface area contributed by atoms with E-state index in [1.165, 1.54) is 53.0 Å². The van der Waals surface area contributed by atoms with Crippen molar-refractivity contribution in [3.05, 3.63) is 52.8 Å². The molecule has 0 aliphatic carbocycles. The summed E-state index contributed by atoms with van der Waals surface area (Å²) in [6.45, 7) is 12.2. The summed E-state index contributed by atoms with van der Waals surface area (Å²) in [6.07, 6.45) is 3.41. The van der Waals surface area contributed by atoms with Crippen LogP contribution in [0.1, 0.15) is 74.7 Å². The number of aliphatic hydroxyl groups is 2. The van der Waals surface area contributed by atoms with Crippen LogP contribution in [0.5, 0.6) is 23.0 Å². The first-order valence-corrected chi connectivity index (χ1v) is 16.9. The second-order valence-corrected chi connectivity index (χ2v) is 13.7. The summed E-state index contributed by atoms with van der Waals surface area (Å²) < 4.78 is 23.1. The number of amides is 1. The second-order valence-electron chi connectivity index (χ2n) is 13.7. The van der Waals surface area contributed by atoms with Gasteiger partial charge in [-0.3, -0.25) is 19.2 Å². The van der Waals surface area contributed by atoms with Crippen LogP contribution < -0.4 is 10.1 Å². The van der Waals surface area contributed by atoms with Crippen molar-refractivity contribution in [2.45, 2.75) is 85.6 Å². The summed E-state index contributed by atoms with van der Waals surface area (Å²) in [5.74, 6) is -9.19. The lowest BCUT2D eigenvalue weighted by Crippen LogP contribution is -2.46. The third-order valence-electron chi connectivity index (χ3n) is 10.2. The van der Waals surface area contributed by atoms with E-state index in [4.69, 9.17) is 18.9 Å². The first kappa shape index (κ1) is 39.9. The molecule has 0 unspecified atom stereocenters. The van der Waals surface area contributed by atoms with Crippen LogP contribution in [0, 0.1) is 30.6 Å². The molecule has 3 aliphatic heterocycles. The minimum atomic E-state index is -2.08. The second kappa shape index (κ2) is 15.4. The van der Waals surface area contributed by atoms with Crippen LogP contribution in [0.4, 0.5) is 5.69 Å². The molecule has 6 N–H and O–H groups in total. The third-order valence-corrected chi connectivity index (χ3v) is 10.2. The van der Waals surface area contributed by atoms with Crippen LogP contribution >= 0.6 is 0 Å². The topological polar surface area (TPSA) is 218 Å². The van der Waals surface area contributed by atoms with Crippen LogP contribution in [-0.4, -0.2) is 86.8 Å². The number of benzene rings is 2. The molecule has 0 aromatic heterocycles. The van der Waals surface area contributed by atoms with Crippen molar-refractivity contribution in [3.63, 3.8) is 0 Å². The minimum Gasteiger partial charge on any atom is -0.507 e. The Labute approximate surface area is 301 Å². The number of fused-ring (bicyclic) bond motifs is 14. The number of nitrogens with one attached hydrogen (secondary N) is 1. The van der Waals surface area contributed by atoms with E-state index in [-0.39, 0.29) is 28.7 Å². The molecule has 3 aliphatic rings. The maximum Gasteiger partial charge on any atom is 0.312 e. The number of aromatic hydroxyl groups is 3. The van der Waals surface area contributed by atoms with E-state index in [1.54, 1.807) is 33.8 Å². The van der Waals surface area contributed by atoms with Gasteiger partial charge in [0.2, 0.25) is 0 Å². The molecule has 0 saturated heterocycles. The van der Waals surface area contributed by atoms with E-state index < -0.39 is 111 Å². The van der Waals surface area contributed by atoms with Crippen molar-refractivity contribution in [2.75, 3.05) is 12.4 Å². The third kappa shape index (κ3) is 7.10. The van der Waals surface area contributed by atoms with Gasteiger partial charge in [0.1, 0.15) is 23.4 Å². The molecule has 14 nitrogen and oxygen atoms in total. The fourth-order valence-corrected chi connectivity index (χ4v) is 6.86. The quantitative estimate of drug-likeness (QED) is 0.111. The molecular weight excluding hydrogens is 678 g/mol. The van der Waals surface area contributed by atoms with Gasteiger partial charge in [0.25, 0.3) is 11.7 Å². The lowest BCUT2D eigenvalue weighted by atomic mass is 9.78. The largest absolute Gasteiger partial charge is 0.507 e. The molecule has 282 valence electrons. The Morgan fingerprint density at radius 3 is 2.19 bits per heavy atom. The lowest BCUT2D eigenvalue weighted by Gasteiger charge is -2.38. The van der Waals surface area contributed by atoms with Crippen molar-refractivity contribution in [3.8, 4) is 23.0 Å². The lowest BCUT2D eigenvalue weighted by molar-refractivity contribution is -0.160. The number of allylic oxidation sites excluding steroid dienone is 2. The molecule has 1 amide bonds. The van der Waals surface area contributed by atoms with Gasteiger partial charge in [0, 0.05) is 61.2 Å². The molecule has 2 aromatic carbocycles. The Hall–Kier alpha value is -4.92. The summed E-state index contributed by atoms with van der Waals surface area (Å²) in [5, 5.41) is 58.2. The van der Waals surface area contributed by atoms with E-state index in [1.807, 2.05) is 0 Å². The van der Waals surface area contributed by atoms with Crippen LogP contribution in [0.25, 0.3) is 10.8 Å². The number of hydrogen-bond donors (Lipinski definition) is 6. The van der Waals surface area contributed by atoms with Crippen molar-refractivity contribution >= 4 is 40.4 Å². The van der Waals surface area contributed by atoms with Gasteiger partial charge >= 0.3 is 11.8 Å². The number of carbonyl (C=O) groups is 4. The van der Waals surface area contributed by atoms with Gasteiger partial charge < -0.3 is 49.8 Å². The zero-order valence-electron chi connectivity index (χ0n) is 30.6. The first-order valence-electron chi connectivity index (χ1n) is 16.9. The van der Waals surface area contributed by atoms with Gasteiger partial charge in [0.15, 0.2) is 12.0 Å². The zero-order valence-corrected chi connectivity index (χ0v) is 30.6. The van der Waals surface area contributed by atoms with E-state index in [2.05, 4.69) is 5.32 Å². The van der Waals surface area contributed by atoms with Crippen LogP contribution in [0.2, 0.25) is 0 Å². The number of aldehydes is 1. The average molecular weight is 726 g/mol. The number of carbonyl (C=O) groups excluding carboxylic acids is 4. The van der Waals surface area contributed by atoms with Crippen LogP contribution in [0.15, 0.2) is 36.1 Å². The molecule has 9 atom stereocenters. The summed E-state index contributed by atoms with van der Waals surface area (Å²) in [4.78, 5) is 51.8. The maximum absolute atomic E-state index is 14.0. The monoisotopic (exact) mass is 725 g/mol. The number of hydrogen-bond acceptors (Lipinski definition) is 13. The summed E-state index contributed by atoms with van der Waals surface area (Å²) in [5.41, 5.74) is -1.27. The van der Waals surface area contributed by atoms with Crippen LogP contribution in [-0.2, 0) is 23.8 Å². The Morgan fingerprint density at radius 2 is 1.60 bits per heavy atom. The molecule has 0 spiro atoms. The molecule has 52 heavy (non-hydrogen) atoms. The highest BCUT2D eigenvalue weighted by Crippen LogP contribution is 2.55. The maximum atomic E-state index is 14.0. The van der Waals surface area contributed by atoms with Gasteiger partial charge in [-0.15, -0.1) is 0 Å². The molecule has 5 rings (SSSR count). The standard InChI is InChI=1S/C38H47NO13/c1-16-11-10-12-17(2)37(48)39-28-23(15-40)32(45)25-26(33(28)46)31(44)21(6)35-27(25)36(47)38(8,52-35)50-14-13-24(49-9)18(3)34(51-22(7)41)20(5)30(43)19(4)29(16)42/h10-16,18-20,24,29-30,34,42-46H,1-9H3,(H,39,48)/b11-10+,14-13+,17-12-/t16-,18+,19-,20-,24+,29-,30-,34+,38-/m0/s1. The number of Topliss-reactive ketones (excluding diaryl/α,β-unsaturated/α-hetero) is 1. The number of methoxy groups -OCH3 is 1. The number of phenolic OH excluding ortho intramolecular Hbond substituents is 3. The van der Waals surface area contributed by atoms with Gasteiger partial charge in [0.05, 0.1) is 46.8 Å². The van der Waals surface area contributed by atoms with Crippen molar-refractivity contribution in [2.24, 2.45) is 23.7 Å². The Morgan fingerprint density at radius 1 is 0.942 bits per heavy atom. The number of ether oxygens (including phenoxy) is 4. The highest BCUT2D eigenvalue weighted by molar-refractivity contribution is 6.23. The molecule has 14 heteroatoms. The molecule has 0 fully saturated rings. The molecule has 2 aromatic rings. The molecule has 5 bridgehead atoms. The van der Waals surface area contributed by atoms with E-state index in [0.717, 1.165) is 6.26 Å². The van der Waals surface area contributed by atoms with Gasteiger partial charge in [-0.05, 0) is 19.9 Å². The molecular formula is C38H47NO13. The van der Waals surface area contributed by atoms with E-state index in [9.17, 15) is 44.7 Å². The fourth-order valence-electron chi connectivity index (χ4n) is 6.86. The number of phenols is 3. The predicted octanol–water partition coefficient (Wildman–Crippen LogP) is 4.57. The summed E-state index contributed by atoms with van der Waals surface area (Å²) >= 11 is 0. The van der Waals surface area contributed by atoms with E-state index in [0.29, 0.717) is 0 Å². The summed E-state index contributed by atoms with van der Waals surface area (Å²) in [7, 11) is 1.41. The van der Waals surface area contributed by atoms with Crippen LogP contribution in [0.3, 0.4) is 0 Å². The van der Waals surface area contributed by atoms with Gasteiger partial charge in [-0.2, -0.15) is 0 Å². The smallest absolute Gasteiger partial charge is 0.312 e. The number of rotatable bonds is 3. The number of aliphatic hydroxyl groups excluding tert-OH is 2. The highest BCUT2D eigenvalue weighted by Gasteiger charge is 2.50. The molecule has 0 saturated carbocycles. The minimum absolute atomic E-state index is 0.00425. The van der Waals surface area contributed by atoms with Gasteiger partial charge in [-0.25, -0.2) is 0 Å². The number of anilines is 1. The summed E-state index contributed by atoms with van der Waals surface area (Å²) in [6, 6.07) is 0. The number of ketones is 1. The van der Waals surface area contributed by atoms with Gasteiger partial charge in [-0.1, -0.05) is 45.9 Å². The Balaban J connectivity index is 1.93. The molecule has 3 heterocycles. The normalized spacial score (nSPS) is 32.3. The molecule has 0 radical (unpaired) electrons. The fraction of sp³-hybridized carbons (Fsp3) is 0.474. The average Bonchev–Trinajstić information content (AvgIpc) is 3.36. The number of esters is 1. The SMILES string of the molecule is CO[C@@H]1/C=C/O[C@@]2(C)Oc3c(C)c(O)c4c(O)c(c(C=O)c(O)c4c3C2=O)NC(=O)/C(C)=C\C=C\[C@H](C)[C@H](O)[C@H](C)[C@H](O)[C@H](C)[C@H](OC(C)=O)[C@@H]1C. The zero-order chi connectivity index (χ0) is 39.0. The Kier molecular flexibility index (Phi) is 11.8. The van der Waals surface area contributed by atoms with Crippen molar-refractivity contribution in [1.82, 2.24) is 0 Å². The first-order chi connectivity index (χ1) is 24.3. The van der Waals surface area contributed by atoms with Crippen molar-refractivity contribution < 1.29 is 63.7 Å². The van der Waals surface area contributed by atoms with Crippen molar-refractivity contribution in [1.29, 1.82) is 0 Å². The highest BCUT2D eigenvalue weighted by atomic mass is 16.7. The predicted molar refractivity (Wildman–Crippen MR) is 189 cm³/mol.